The molecule has 1 nitrogen and oxygen atoms in total. The molecule has 0 bridgehead atoms. The molecule has 0 unspecified atom stereocenters. The highest BCUT2D eigenvalue weighted by Crippen LogP contribution is 2.28. The summed E-state index contributed by atoms with van der Waals surface area (Å²) in [6.45, 7) is 4.25. The van der Waals surface area contributed by atoms with Gasteiger partial charge in [0.1, 0.15) is 0 Å². The summed E-state index contributed by atoms with van der Waals surface area (Å²) in [6.07, 6.45) is 0. The SMILES string of the molecule is Cc1sc(=S)n(-c2c(I)cccc2I)c1C. The van der Waals surface area contributed by atoms with E-state index in [4.69, 9.17) is 12.2 Å². The van der Waals surface area contributed by atoms with E-state index >= 15 is 0 Å². The summed E-state index contributed by atoms with van der Waals surface area (Å²) in [4.78, 5) is 1.29. The molecule has 0 aliphatic rings. The molecule has 0 aliphatic carbocycles. The van der Waals surface area contributed by atoms with Crippen LogP contribution < -0.4 is 0 Å². The monoisotopic (exact) mass is 473 g/mol. The molecular formula is C11H9I2NS2. The zero-order valence-electron chi connectivity index (χ0n) is 8.75. The maximum atomic E-state index is 5.44. The number of halogens is 2. The number of benzene rings is 1. The van der Waals surface area contributed by atoms with Crippen LogP contribution in [0, 0.1) is 24.9 Å². The van der Waals surface area contributed by atoms with Crippen LogP contribution in [-0.2, 0) is 0 Å². The fourth-order valence-corrected chi connectivity index (χ4v) is 4.92. The van der Waals surface area contributed by atoms with Crippen molar-refractivity contribution in [2.45, 2.75) is 13.8 Å². The standard InChI is InChI=1S/C11H9I2NS2/c1-6-7(2)16-11(15)14(6)10-8(12)4-3-5-9(10)13/h3-5H,1-2H3. The van der Waals surface area contributed by atoms with E-state index in [1.54, 1.807) is 11.3 Å². The van der Waals surface area contributed by atoms with Crippen molar-refractivity contribution < 1.29 is 0 Å². The molecule has 0 atom stereocenters. The summed E-state index contributed by atoms with van der Waals surface area (Å²) in [5.74, 6) is 0. The number of rotatable bonds is 1. The average molecular weight is 473 g/mol. The van der Waals surface area contributed by atoms with Gasteiger partial charge in [0.15, 0.2) is 3.95 Å². The molecule has 0 amide bonds. The number of aryl methyl sites for hydroxylation is 1. The number of hydrogen-bond donors (Lipinski definition) is 0. The first-order valence-electron chi connectivity index (χ1n) is 4.66. The third kappa shape index (κ3) is 2.23. The second-order valence-corrected chi connectivity index (χ2v) is 7.59. The van der Waals surface area contributed by atoms with Crippen LogP contribution in [0.15, 0.2) is 18.2 Å². The molecule has 0 N–H and O–H groups in total. The summed E-state index contributed by atoms with van der Waals surface area (Å²) in [6, 6.07) is 6.31. The van der Waals surface area contributed by atoms with Crippen LogP contribution in [-0.4, -0.2) is 4.57 Å². The van der Waals surface area contributed by atoms with Gasteiger partial charge in [0.2, 0.25) is 0 Å². The highest BCUT2D eigenvalue weighted by molar-refractivity contribution is 14.1. The first-order valence-corrected chi connectivity index (χ1v) is 8.04. The maximum Gasteiger partial charge on any atom is 0.166 e. The van der Waals surface area contributed by atoms with Crippen molar-refractivity contribution in [3.63, 3.8) is 0 Å². The van der Waals surface area contributed by atoms with Crippen LogP contribution in [0.25, 0.3) is 5.69 Å². The van der Waals surface area contributed by atoms with Crippen molar-refractivity contribution in [1.29, 1.82) is 0 Å². The van der Waals surface area contributed by atoms with Crippen molar-refractivity contribution in [3.05, 3.63) is 39.9 Å². The molecule has 5 heteroatoms. The van der Waals surface area contributed by atoms with Gasteiger partial charge >= 0.3 is 0 Å². The first kappa shape index (κ1) is 13.0. The zero-order valence-corrected chi connectivity index (χ0v) is 14.7. The van der Waals surface area contributed by atoms with Crippen LogP contribution >= 0.6 is 68.7 Å². The number of nitrogens with zero attached hydrogens (tertiary/aromatic N) is 1. The lowest BCUT2D eigenvalue weighted by Crippen LogP contribution is -2.02. The van der Waals surface area contributed by atoms with Crippen LogP contribution in [0.1, 0.15) is 10.6 Å². The Morgan fingerprint density at radius 3 is 2.19 bits per heavy atom. The van der Waals surface area contributed by atoms with Gasteiger partial charge in [-0.2, -0.15) is 0 Å². The largest absolute Gasteiger partial charge is 0.294 e. The Labute approximate surface area is 131 Å². The Bertz CT molecular complexity index is 578. The Morgan fingerprint density at radius 1 is 1.19 bits per heavy atom. The van der Waals surface area contributed by atoms with Gasteiger partial charge < -0.3 is 0 Å². The summed E-state index contributed by atoms with van der Waals surface area (Å²) >= 11 is 11.8. The van der Waals surface area contributed by atoms with Gasteiger partial charge in [0, 0.05) is 17.7 Å². The van der Waals surface area contributed by atoms with Gasteiger partial charge in [-0.05, 0) is 83.4 Å². The highest BCUT2D eigenvalue weighted by Gasteiger charge is 2.12. The minimum Gasteiger partial charge on any atom is -0.294 e. The van der Waals surface area contributed by atoms with E-state index in [-0.39, 0.29) is 0 Å². The Balaban J connectivity index is 2.82. The van der Waals surface area contributed by atoms with Gasteiger partial charge in [0.05, 0.1) is 5.69 Å². The molecular weight excluding hydrogens is 464 g/mol. The van der Waals surface area contributed by atoms with Crippen LogP contribution in [0.4, 0.5) is 0 Å². The Hall–Kier alpha value is 0.530. The van der Waals surface area contributed by atoms with Crippen molar-refractivity contribution in [1.82, 2.24) is 4.57 Å². The molecule has 0 fully saturated rings. The molecule has 0 saturated heterocycles. The van der Waals surface area contributed by atoms with E-state index in [0.717, 1.165) is 3.95 Å². The minimum atomic E-state index is 0.928. The third-order valence-corrected chi connectivity index (χ3v) is 5.56. The summed E-state index contributed by atoms with van der Waals surface area (Å²) in [5.41, 5.74) is 2.47. The number of para-hydroxylation sites is 1. The molecule has 0 saturated carbocycles. The second kappa shape index (κ2) is 5.03. The summed E-state index contributed by atoms with van der Waals surface area (Å²) in [7, 11) is 0. The third-order valence-electron chi connectivity index (χ3n) is 2.43. The summed E-state index contributed by atoms with van der Waals surface area (Å²) in [5, 5.41) is 0. The van der Waals surface area contributed by atoms with Crippen molar-refractivity contribution >= 4 is 68.7 Å². The van der Waals surface area contributed by atoms with Crippen molar-refractivity contribution in [2.75, 3.05) is 0 Å². The van der Waals surface area contributed by atoms with Gasteiger partial charge in [-0.25, -0.2) is 0 Å². The van der Waals surface area contributed by atoms with Gasteiger partial charge in [0.25, 0.3) is 0 Å². The van der Waals surface area contributed by atoms with E-state index in [9.17, 15) is 0 Å². The molecule has 2 rings (SSSR count). The smallest absolute Gasteiger partial charge is 0.166 e. The molecule has 1 aromatic heterocycles. The normalized spacial score (nSPS) is 10.8. The molecule has 1 aromatic carbocycles. The fraction of sp³-hybridized carbons (Fsp3) is 0.182. The summed E-state index contributed by atoms with van der Waals surface area (Å²) < 4.78 is 5.58. The van der Waals surface area contributed by atoms with E-state index < -0.39 is 0 Å². The lowest BCUT2D eigenvalue weighted by molar-refractivity contribution is 0.981. The van der Waals surface area contributed by atoms with Crippen LogP contribution in [0.2, 0.25) is 0 Å². The predicted octanol–water partition coefficient (Wildman–Crippen LogP) is 5.09. The van der Waals surface area contributed by atoms with Crippen molar-refractivity contribution in [3.8, 4) is 5.69 Å². The Morgan fingerprint density at radius 2 is 1.75 bits per heavy atom. The highest BCUT2D eigenvalue weighted by atomic mass is 127. The van der Waals surface area contributed by atoms with Crippen LogP contribution in [0.3, 0.4) is 0 Å². The van der Waals surface area contributed by atoms with E-state index in [1.165, 1.54) is 23.4 Å². The first-order chi connectivity index (χ1) is 7.52. The van der Waals surface area contributed by atoms with Crippen LogP contribution in [0.5, 0.6) is 0 Å². The molecule has 0 spiro atoms. The quantitative estimate of drug-likeness (QED) is 0.413. The fourth-order valence-electron chi connectivity index (χ4n) is 1.51. The maximum absolute atomic E-state index is 5.44. The lowest BCUT2D eigenvalue weighted by Gasteiger charge is -2.10. The molecule has 2 aromatic rings. The van der Waals surface area contributed by atoms with E-state index in [0.29, 0.717) is 0 Å². The lowest BCUT2D eigenvalue weighted by atomic mass is 10.3. The molecule has 84 valence electrons. The second-order valence-electron chi connectivity index (χ2n) is 3.42. The van der Waals surface area contributed by atoms with E-state index in [1.807, 2.05) is 0 Å². The number of thiazole rings is 1. The number of aromatic nitrogens is 1. The molecule has 16 heavy (non-hydrogen) atoms. The van der Waals surface area contributed by atoms with Crippen molar-refractivity contribution in [2.24, 2.45) is 0 Å². The van der Waals surface area contributed by atoms with E-state index in [2.05, 4.69) is 81.8 Å². The predicted molar refractivity (Wildman–Crippen MR) is 89.4 cm³/mol. The Kier molecular flexibility index (Phi) is 4.08. The topological polar surface area (TPSA) is 4.93 Å². The zero-order chi connectivity index (χ0) is 11.9. The van der Waals surface area contributed by atoms with Gasteiger partial charge in [-0.15, -0.1) is 11.3 Å². The van der Waals surface area contributed by atoms with Gasteiger partial charge in [-0.1, -0.05) is 6.07 Å². The molecule has 0 radical (unpaired) electrons. The molecule has 0 aliphatic heterocycles. The van der Waals surface area contributed by atoms with Gasteiger partial charge in [-0.3, -0.25) is 4.57 Å². The average Bonchev–Trinajstić information content (AvgIpc) is 2.44. The number of hydrogen-bond acceptors (Lipinski definition) is 2. The minimum absolute atomic E-state index is 0.928. The molecule has 1 heterocycles.